The zero-order valence-corrected chi connectivity index (χ0v) is 51.3. The van der Waals surface area contributed by atoms with E-state index in [0.717, 1.165) is 16.7 Å². The van der Waals surface area contributed by atoms with Gasteiger partial charge in [0.25, 0.3) is 23.6 Å². The topological polar surface area (TPSA) is 286 Å². The molecule has 0 atom stereocenters. The molecule has 2 heterocycles. The van der Waals surface area contributed by atoms with Crippen molar-refractivity contribution in [2.24, 2.45) is 0 Å². The third-order valence-corrected chi connectivity index (χ3v) is 11.3. The molecule has 0 aliphatic carbocycles. The number of carbonyl (C=O) groups excluding carboxylic acids is 8. The number of hydroxylamine groups is 4. The minimum Gasteiger partial charge on any atom is -0.508 e. The molecule has 0 unspecified atom stereocenters. The minimum atomic E-state index is -0.827. The Morgan fingerprint density at radius 3 is 1.03 bits per heavy atom. The number of hydrogen-bond acceptors (Lipinski definition) is 15. The number of carboxylic acid groups (broad SMARTS) is 2. The number of phenols is 1. The van der Waals surface area contributed by atoms with E-state index >= 15 is 0 Å². The van der Waals surface area contributed by atoms with Crippen molar-refractivity contribution in [3.05, 3.63) is 89.5 Å². The molecule has 3 aromatic rings. The highest BCUT2D eigenvalue weighted by Gasteiger charge is 2.33. The molecule has 19 nitrogen and oxygen atoms in total. The third kappa shape index (κ3) is 34.3. The van der Waals surface area contributed by atoms with Crippen LogP contribution in [0.2, 0.25) is 0 Å². The number of halogens is 4. The SMILES string of the molecule is CC.CC.CC.CC(C)(Br)C(=O)Br.CC(C)(Br)C(=O)Oc1ccc(CCC(=O)O)cc1.CC(C)(Br)C(=O)Oc1ccc(CCC(=O)ON2C(=O)CCC2=O)cc1.O=C(O)CCc1ccc(O)cc1.O=C1CCC(=O)N1O. The maximum absolute atomic E-state index is 11.8. The van der Waals surface area contributed by atoms with Crippen LogP contribution in [0.5, 0.6) is 17.2 Å². The van der Waals surface area contributed by atoms with Crippen LogP contribution in [0.15, 0.2) is 72.8 Å². The van der Waals surface area contributed by atoms with Gasteiger partial charge in [0.2, 0.25) is 4.69 Å². The number of hydrogen-bond donors (Lipinski definition) is 4. The summed E-state index contributed by atoms with van der Waals surface area (Å²) in [5.41, 5.74) is 2.65. The molecule has 2 aliphatic heterocycles. The summed E-state index contributed by atoms with van der Waals surface area (Å²) < 4.78 is 8.43. The standard InChI is InChI=1S/C17H18BrNO6.C13H15BrO4.C9H10O3.C4H6Br2O.C4H5NO3.3C2H6/c1-17(2,18)16(23)24-12-6-3-11(4-7-12)5-10-15(22)25-19-13(20)8-9-14(19)21;1-13(2,14)12(17)18-10-6-3-9(4-7-10)5-8-11(15)16;10-8-4-1-7(2-5-8)3-6-9(11)12;1-4(2,6)3(5)7;6-3-1-2-4(7)5(3)8;3*1-2/h3-4,6-7H,5,8-10H2,1-2H3;3-4,6-7H,5,8H2,1-2H3,(H,15,16);1-2,4-5,10H,3,6H2,(H,11,12);1-2H3;8H,1-2H2;3*1-2H3. The smallest absolute Gasteiger partial charge is 0.333 e. The highest BCUT2D eigenvalue weighted by atomic mass is 79.9. The maximum atomic E-state index is 11.8. The number of nitrogens with zero attached hydrogens (tertiary/aromatic N) is 2. The first-order chi connectivity index (χ1) is 35.3. The van der Waals surface area contributed by atoms with Crippen molar-refractivity contribution in [3.8, 4) is 17.2 Å². The van der Waals surface area contributed by atoms with E-state index < -0.39 is 60.5 Å². The molecule has 2 fully saturated rings. The summed E-state index contributed by atoms with van der Waals surface area (Å²) in [6.45, 7) is 22.3. The molecule has 0 spiro atoms. The fourth-order valence-electron chi connectivity index (χ4n) is 4.69. The largest absolute Gasteiger partial charge is 0.508 e. The molecule has 5 rings (SSSR count). The monoisotopic (exact) mass is 1320 g/mol. The van der Waals surface area contributed by atoms with E-state index in [0.29, 0.717) is 35.8 Å². The van der Waals surface area contributed by atoms with E-state index in [4.69, 9.17) is 34.8 Å². The fraction of sp³-hybridized carbons (Fsp3) is 0.472. The Labute approximate surface area is 478 Å². The second-order valence-electron chi connectivity index (χ2n) is 16.4. The number of alkyl halides is 3. The van der Waals surface area contributed by atoms with Gasteiger partial charge in [0.15, 0.2) is 0 Å². The second-order valence-corrected chi connectivity index (χ2v) is 23.0. The van der Waals surface area contributed by atoms with E-state index in [-0.39, 0.29) is 66.4 Å². The molecule has 2 saturated heterocycles. The van der Waals surface area contributed by atoms with Crippen molar-refractivity contribution in [1.82, 2.24) is 10.1 Å². The molecule has 23 heteroatoms. The van der Waals surface area contributed by atoms with Gasteiger partial charge in [-0.3, -0.25) is 48.4 Å². The highest BCUT2D eigenvalue weighted by Crippen LogP contribution is 2.23. The average Bonchev–Trinajstić information content (AvgIpc) is 3.84. The van der Waals surface area contributed by atoms with Gasteiger partial charge in [-0.05, 0) is 130 Å². The van der Waals surface area contributed by atoms with Gasteiger partial charge in [-0.15, -0.1) is 5.06 Å². The molecule has 3 aromatic carbocycles. The van der Waals surface area contributed by atoms with Gasteiger partial charge in [0.1, 0.15) is 25.9 Å². The van der Waals surface area contributed by atoms with Crippen molar-refractivity contribution in [2.75, 3.05) is 0 Å². The lowest BCUT2D eigenvalue weighted by atomic mass is 10.1. The van der Waals surface area contributed by atoms with Gasteiger partial charge in [0, 0.05) is 38.5 Å². The molecule has 0 saturated carbocycles. The van der Waals surface area contributed by atoms with Crippen LogP contribution in [0.1, 0.15) is 145 Å². The average molecular weight is 1330 g/mol. The summed E-state index contributed by atoms with van der Waals surface area (Å²) >= 11 is 12.4. The molecule has 4 N–H and O–H groups in total. The molecule has 76 heavy (non-hydrogen) atoms. The number of phenolic OH excluding ortho intramolecular Hbond substituents is 1. The predicted molar refractivity (Wildman–Crippen MR) is 300 cm³/mol. The summed E-state index contributed by atoms with van der Waals surface area (Å²) in [7, 11) is 0. The number of aromatic hydroxyl groups is 1. The molecular weight excluding hydrogens is 1260 g/mol. The van der Waals surface area contributed by atoms with Crippen molar-refractivity contribution < 1.29 is 82.8 Å². The van der Waals surface area contributed by atoms with Crippen LogP contribution < -0.4 is 9.47 Å². The van der Waals surface area contributed by atoms with Gasteiger partial charge in [-0.25, -0.2) is 4.79 Å². The number of aryl methyl sites for hydroxylation is 3. The van der Waals surface area contributed by atoms with Crippen molar-refractivity contribution in [1.29, 1.82) is 0 Å². The van der Waals surface area contributed by atoms with Gasteiger partial charge >= 0.3 is 29.8 Å². The number of carbonyl (C=O) groups is 10. The summed E-state index contributed by atoms with van der Waals surface area (Å²) in [5, 5.41) is 35.0. The molecule has 0 bridgehead atoms. The Hall–Kier alpha value is -5.36. The quantitative estimate of drug-likeness (QED) is 0.0275. The van der Waals surface area contributed by atoms with E-state index in [1.54, 1.807) is 114 Å². The van der Waals surface area contributed by atoms with Crippen LogP contribution in [0.4, 0.5) is 0 Å². The van der Waals surface area contributed by atoms with Crippen LogP contribution in [-0.2, 0) is 72.0 Å². The Kier molecular flexibility index (Phi) is 38.5. The summed E-state index contributed by atoms with van der Waals surface area (Å²) in [6.07, 6.45) is 2.01. The van der Waals surface area contributed by atoms with Gasteiger partial charge < -0.3 is 29.6 Å². The fourth-order valence-corrected chi connectivity index (χ4v) is 4.85. The maximum Gasteiger partial charge on any atom is 0.333 e. The number of benzene rings is 3. The van der Waals surface area contributed by atoms with Crippen LogP contribution in [0.25, 0.3) is 0 Å². The molecule has 2 aliphatic rings. The number of esters is 2. The first kappa shape index (κ1) is 74.9. The minimum absolute atomic E-state index is 0.0185. The number of rotatable bonds is 15. The number of imide groups is 2. The number of aliphatic carboxylic acids is 2. The molecule has 4 amide bonds. The van der Waals surface area contributed by atoms with E-state index in [1.807, 2.05) is 41.5 Å². The van der Waals surface area contributed by atoms with Crippen molar-refractivity contribution in [3.63, 3.8) is 0 Å². The zero-order chi connectivity index (χ0) is 59.6. The zero-order valence-electron chi connectivity index (χ0n) is 45.0. The van der Waals surface area contributed by atoms with Crippen LogP contribution in [-0.4, -0.2) is 102 Å². The first-order valence-corrected chi connectivity index (χ1v) is 27.2. The Bertz CT molecular complexity index is 2270. The molecule has 0 aromatic heterocycles. The molecular formula is C53H72Br4N2O17. The highest BCUT2D eigenvalue weighted by molar-refractivity contribution is 9.20. The Morgan fingerprint density at radius 2 is 0.776 bits per heavy atom. The summed E-state index contributed by atoms with van der Waals surface area (Å²) in [4.78, 5) is 114. The van der Waals surface area contributed by atoms with E-state index in [2.05, 4.69) is 63.7 Å². The number of carboxylic acids is 2. The number of amides is 4. The normalized spacial score (nSPS) is 12.4. The van der Waals surface area contributed by atoms with Gasteiger partial charge in [0.05, 0.1) is 10.7 Å². The molecule has 0 radical (unpaired) electrons. The van der Waals surface area contributed by atoms with Crippen LogP contribution >= 0.6 is 63.7 Å². The van der Waals surface area contributed by atoms with Crippen LogP contribution in [0, 0.1) is 0 Å². The Morgan fingerprint density at radius 1 is 0.500 bits per heavy atom. The van der Waals surface area contributed by atoms with Crippen LogP contribution in [0.3, 0.4) is 0 Å². The van der Waals surface area contributed by atoms with Crippen molar-refractivity contribution in [2.45, 2.75) is 160 Å². The van der Waals surface area contributed by atoms with E-state index in [1.165, 1.54) is 0 Å². The lowest BCUT2D eigenvalue weighted by Crippen LogP contribution is -2.32. The molecule has 424 valence electrons. The second kappa shape index (κ2) is 39.1. The predicted octanol–water partition coefficient (Wildman–Crippen LogP) is 11.2. The van der Waals surface area contributed by atoms with E-state index in [9.17, 15) is 47.9 Å². The number of ether oxygens (including phenoxy) is 2. The Balaban J connectivity index is -0.000000915. The third-order valence-electron chi connectivity index (χ3n) is 8.74. The summed E-state index contributed by atoms with van der Waals surface area (Å²) in [5.74, 6) is -4.03. The van der Waals surface area contributed by atoms with Crippen molar-refractivity contribution >= 4 is 122 Å². The lowest BCUT2D eigenvalue weighted by molar-refractivity contribution is -0.197. The lowest BCUT2D eigenvalue weighted by Gasteiger charge is -2.14. The summed E-state index contributed by atoms with van der Waals surface area (Å²) in [6, 6.07) is 20.1. The first-order valence-electron chi connectivity index (χ1n) is 24.0. The van der Waals surface area contributed by atoms with Gasteiger partial charge in [-0.2, -0.15) is 5.06 Å². The van der Waals surface area contributed by atoms with Gasteiger partial charge in [-0.1, -0.05) is 126 Å².